The van der Waals surface area contributed by atoms with Gasteiger partial charge in [-0.3, -0.25) is 4.79 Å². The van der Waals surface area contributed by atoms with Crippen molar-refractivity contribution < 1.29 is 4.79 Å². The molecule has 2 nitrogen and oxygen atoms in total. The van der Waals surface area contributed by atoms with Gasteiger partial charge in [0.25, 0.3) is 0 Å². The van der Waals surface area contributed by atoms with Crippen LogP contribution in [0.3, 0.4) is 0 Å². The number of rotatable bonds is 4. The van der Waals surface area contributed by atoms with Crippen LogP contribution in [0, 0.1) is 0 Å². The van der Waals surface area contributed by atoms with Crippen LogP contribution in [-0.4, -0.2) is 5.78 Å². The van der Waals surface area contributed by atoms with E-state index in [1.807, 2.05) is 19.1 Å². The number of aryl methyl sites for hydroxylation is 2. The molecule has 104 valence electrons. The summed E-state index contributed by atoms with van der Waals surface area (Å²) in [7, 11) is 0. The number of nitrogens with two attached hydrogens (primary N) is 1. The highest BCUT2D eigenvalue weighted by atomic mass is 35.5. The van der Waals surface area contributed by atoms with E-state index < -0.39 is 0 Å². The van der Waals surface area contributed by atoms with E-state index in [2.05, 4.69) is 13.0 Å². The van der Waals surface area contributed by atoms with Gasteiger partial charge in [0, 0.05) is 16.8 Å². The summed E-state index contributed by atoms with van der Waals surface area (Å²) in [6.07, 6.45) is 1.71. The Labute approximate surface area is 124 Å². The molecule has 2 N–H and O–H groups in total. The molecular weight excluding hydrogens is 270 g/mol. The second kappa shape index (κ2) is 6.10. The number of carbonyl (C=O) groups is 1. The summed E-state index contributed by atoms with van der Waals surface area (Å²) in [5.41, 5.74) is 9.67. The lowest BCUT2D eigenvalue weighted by Crippen LogP contribution is -2.07. The molecule has 3 heteroatoms. The molecular formula is C17H18ClNO. The Bertz CT molecular complexity index is 649. The van der Waals surface area contributed by atoms with Crippen molar-refractivity contribution in [3.8, 4) is 0 Å². The molecule has 0 heterocycles. The number of carbonyl (C=O) groups excluding carboxylic acids is 1. The number of hydrogen-bond acceptors (Lipinski definition) is 2. The highest BCUT2D eigenvalue weighted by molar-refractivity contribution is 6.35. The van der Waals surface area contributed by atoms with Gasteiger partial charge >= 0.3 is 0 Å². The molecule has 0 spiro atoms. The molecule has 0 unspecified atom stereocenters. The maximum absolute atomic E-state index is 12.7. The largest absolute Gasteiger partial charge is 0.399 e. The van der Waals surface area contributed by atoms with Crippen molar-refractivity contribution in [3.63, 3.8) is 0 Å². The zero-order valence-electron chi connectivity index (χ0n) is 11.7. The van der Waals surface area contributed by atoms with Crippen LogP contribution < -0.4 is 5.73 Å². The van der Waals surface area contributed by atoms with Crippen molar-refractivity contribution in [1.82, 2.24) is 0 Å². The lowest BCUT2D eigenvalue weighted by molar-refractivity contribution is 0.103. The average Bonchev–Trinajstić information content (AvgIpc) is 2.48. The topological polar surface area (TPSA) is 43.1 Å². The van der Waals surface area contributed by atoms with Gasteiger partial charge in [-0.25, -0.2) is 0 Å². The van der Waals surface area contributed by atoms with Gasteiger partial charge in [-0.05, 0) is 48.2 Å². The zero-order valence-corrected chi connectivity index (χ0v) is 12.5. The van der Waals surface area contributed by atoms with E-state index in [9.17, 15) is 4.79 Å². The molecule has 0 aliphatic rings. The van der Waals surface area contributed by atoms with Crippen molar-refractivity contribution >= 4 is 23.1 Å². The van der Waals surface area contributed by atoms with Crippen LogP contribution in [0.15, 0.2) is 36.4 Å². The Morgan fingerprint density at radius 1 is 1.05 bits per heavy atom. The summed E-state index contributed by atoms with van der Waals surface area (Å²) in [5, 5.41) is 0.438. The van der Waals surface area contributed by atoms with Crippen molar-refractivity contribution in [3.05, 3.63) is 63.7 Å². The van der Waals surface area contributed by atoms with Crippen molar-refractivity contribution in [2.24, 2.45) is 0 Å². The molecule has 0 aromatic heterocycles. The minimum Gasteiger partial charge on any atom is -0.399 e. The molecule has 0 saturated carbocycles. The van der Waals surface area contributed by atoms with E-state index >= 15 is 0 Å². The molecule has 2 aromatic carbocycles. The van der Waals surface area contributed by atoms with Crippen LogP contribution in [0.2, 0.25) is 5.02 Å². The summed E-state index contributed by atoms with van der Waals surface area (Å²) in [4.78, 5) is 12.7. The molecule has 0 atom stereocenters. The quantitative estimate of drug-likeness (QED) is 0.674. The highest BCUT2D eigenvalue weighted by Crippen LogP contribution is 2.24. The maximum Gasteiger partial charge on any atom is 0.194 e. The van der Waals surface area contributed by atoms with Crippen LogP contribution in [0.4, 0.5) is 5.69 Å². The van der Waals surface area contributed by atoms with Gasteiger partial charge in [-0.15, -0.1) is 0 Å². The first kappa shape index (κ1) is 14.6. The van der Waals surface area contributed by atoms with Gasteiger partial charge in [0.1, 0.15) is 0 Å². The first-order valence-electron chi connectivity index (χ1n) is 6.78. The average molecular weight is 288 g/mol. The van der Waals surface area contributed by atoms with E-state index in [1.54, 1.807) is 18.2 Å². The van der Waals surface area contributed by atoms with E-state index in [1.165, 1.54) is 0 Å². The normalized spacial score (nSPS) is 10.6. The molecule has 0 amide bonds. The van der Waals surface area contributed by atoms with Crippen molar-refractivity contribution in [2.75, 3.05) is 5.73 Å². The molecule has 0 saturated heterocycles. The van der Waals surface area contributed by atoms with Crippen LogP contribution in [0.25, 0.3) is 0 Å². The number of nitrogen functional groups attached to an aromatic ring is 1. The van der Waals surface area contributed by atoms with Crippen LogP contribution in [-0.2, 0) is 12.8 Å². The standard InChI is InChI=1S/C17H18ClNO/c1-3-11-5-6-12(4-2)14(9-11)17(20)15-10-13(19)7-8-16(15)18/h5-10H,3-4,19H2,1-2H3. The summed E-state index contributed by atoms with van der Waals surface area (Å²) in [5.74, 6) is -0.0607. The minimum absolute atomic E-state index is 0.0607. The molecule has 0 aliphatic carbocycles. The lowest BCUT2D eigenvalue weighted by atomic mass is 9.94. The molecule has 2 rings (SSSR count). The molecule has 0 aliphatic heterocycles. The molecule has 20 heavy (non-hydrogen) atoms. The second-order valence-corrected chi connectivity index (χ2v) is 5.17. The van der Waals surface area contributed by atoms with Crippen LogP contribution in [0.1, 0.15) is 40.9 Å². The first-order chi connectivity index (χ1) is 9.56. The number of benzene rings is 2. The predicted molar refractivity (Wildman–Crippen MR) is 84.5 cm³/mol. The number of hydrogen-bond donors (Lipinski definition) is 1. The fraction of sp³-hybridized carbons (Fsp3) is 0.235. The van der Waals surface area contributed by atoms with E-state index in [4.69, 9.17) is 17.3 Å². The number of anilines is 1. The third-order valence-corrected chi connectivity index (χ3v) is 3.77. The molecule has 2 aromatic rings. The molecule has 0 fully saturated rings. The third-order valence-electron chi connectivity index (χ3n) is 3.44. The van der Waals surface area contributed by atoms with Crippen LogP contribution in [0.5, 0.6) is 0 Å². The maximum atomic E-state index is 12.7. The third kappa shape index (κ3) is 2.86. The van der Waals surface area contributed by atoms with E-state index in [-0.39, 0.29) is 5.78 Å². The van der Waals surface area contributed by atoms with Crippen molar-refractivity contribution in [1.29, 1.82) is 0 Å². The van der Waals surface area contributed by atoms with Gasteiger partial charge in [-0.1, -0.05) is 37.6 Å². The Kier molecular flexibility index (Phi) is 4.46. The fourth-order valence-electron chi connectivity index (χ4n) is 2.23. The van der Waals surface area contributed by atoms with Gasteiger partial charge < -0.3 is 5.73 Å². The summed E-state index contributed by atoms with van der Waals surface area (Å²) < 4.78 is 0. The Balaban J connectivity index is 2.54. The zero-order chi connectivity index (χ0) is 14.7. The van der Waals surface area contributed by atoms with Gasteiger partial charge in [0.05, 0.1) is 5.02 Å². The fourth-order valence-corrected chi connectivity index (χ4v) is 2.43. The Morgan fingerprint density at radius 2 is 1.80 bits per heavy atom. The van der Waals surface area contributed by atoms with E-state index in [0.717, 1.165) is 29.5 Å². The summed E-state index contributed by atoms with van der Waals surface area (Å²) >= 11 is 6.13. The highest BCUT2D eigenvalue weighted by Gasteiger charge is 2.16. The van der Waals surface area contributed by atoms with Crippen LogP contribution >= 0.6 is 11.6 Å². The SMILES string of the molecule is CCc1ccc(CC)c(C(=O)c2cc(N)ccc2Cl)c1. The second-order valence-electron chi connectivity index (χ2n) is 4.77. The summed E-state index contributed by atoms with van der Waals surface area (Å²) in [6.45, 7) is 4.11. The predicted octanol–water partition coefficient (Wildman–Crippen LogP) is 4.28. The Morgan fingerprint density at radius 3 is 2.45 bits per heavy atom. The summed E-state index contributed by atoms with van der Waals surface area (Å²) in [6, 6.07) is 11.0. The monoisotopic (exact) mass is 287 g/mol. The first-order valence-corrected chi connectivity index (χ1v) is 7.16. The van der Waals surface area contributed by atoms with Gasteiger partial charge in [0.2, 0.25) is 0 Å². The van der Waals surface area contributed by atoms with E-state index in [0.29, 0.717) is 16.3 Å². The minimum atomic E-state index is -0.0607. The molecule has 0 bridgehead atoms. The molecule has 0 radical (unpaired) electrons. The lowest BCUT2D eigenvalue weighted by Gasteiger charge is -2.11. The smallest absolute Gasteiger partial charge is 0.194 e. The van der Waals surface area contributed by atoms with Gasteiger partial charge in [0.15, 0.2) is 5.78 Å². The van der Waals surface area contributed by atoms with Crippen molar-refractivity contribution in [2.45, 2.75) is 26.7 Å². The number of ketones is 1. The van der Waals surface area contributed by atoms with Gasteiger partial charge in [-0.2, -0.15) is 0 Å². The number of halogens is 1. The Hall–Kier alpha value is -1.80.